The molecule has 0 amide bonds. The van der Waals surface area contributed by atoms with Gasteiger partial charge in [-0.3, -0.25) is 4.99 Å². The average molecular weight is 342 g/mol. The van der Waals surface area contributed by atoms with E-state index in [4.69, 9.17) is 0 Å². The van der Waals surface area contributed by atoms with Crippen LogP contribution in [0.1, 0.15) is 46.0 Å². The summed E-state index contributed by atoms with van der Waals surface area (Å²) in [4.78, 5) is 4.85. The van der Waals surface area contributed by atoms with E-state index in [2.05, 4.69) is 40.1 Å². The van der Waals surface area contributed by atoms with Gasteiger partial charge < -0.3 is 5.32 Å². The predicted octanol–water partition coefficient (Wildman–Crippen LogP) is 3.89. The van der Waals surface area contributed by atoms with Crippen LogP contribution in [0.3, 0.4) is 0 Å². The van der Waals surface area contributed by atoms with Gasteiger partial charge in [-0.2, -0.15) is 0 Å². The van der Waals surface area contributed by atoms with E-state index in [1.54, 1.807) is 0 Å². The Hall–Kier alpha value is 0.430. The van der Waals surface area contributed by atoms with Crippen molar-refractivity contribution in [2.45, 2.75) is 50.9 Å². The summed E-state index contributed by atoms with van der Waals surface area (Å²) in [6.07, 6.45) is 6.55. The maximum atomic E-state index is 4.51. The first kappa shape index (κ1) is 15.4. The van der Waals surface area contributed by atoms with E-state index >= 15 is 0 Å². The fourth-order valence-corrected chi connectivity index (χ4v) is 2.12. The van der Waals surface area contributed by atoms with Gasteiger partial charge in [-0.15, -0.1) is 17.0 Å². The van der Waals surface area contributed by atoms with Crippen LogP contribution in [0.5, 0.6) is 0 Å². The lowest BCUT2D eigenvalue weighted by molar-refractivity contribution is 0.500. The molecular weight excluding hydrogens is 320 g/mol. The van der Waals surface area contributed by atoms with Crippen molar-refractivity contribution in [1.29, 1.82) is 0 Å². The van der Waals surface area contributed by atoms with Crippen LogP contribution in [0.4, 0.5) is 0 Å². The van der Waals surface area contributed by atoms with Gasteiger partial charge in [-0.1, -0.05) is 42.1 Å². The van der Waals surface area contributed by atoms with Crippen molar-refractivity contribution < 1.29 is 0 Å². The molecule has 2 unspecified atom stereocenters. The van der Waals surface area contributed by atoms with Crippen LogP contribution in [-0.2, 0) is 0 Å². The van der Waals surface area contributed by atoms with Crippen molar-refractivity contribution in [2.24, 2.45) is 10.9 Å². The minimum absolute atomic E-state index is 0. The van der Waals surface area contributed by atoms with Gasteiger partial charge in [0.2, 0.25) is 0 Å². The topological polar surface area (TPSA) is 24.4 Å². The lowest BCUT2D eigenvalue weighted by atomic mass is 10.00. The van der Waals surface area contributed by atoms with Gasteiger partial charge in [0.15, 0.2) is 0 Å². The number of nitrogens with zero attached hydrogens (tertiary/aromatic N) is 1. The second kappa shape index (κ2) is 8.57. The van der Waals surface area contributed by atoms with Crippen LogP contribution in [0.15, 0.2) is 4.99 Å². The summed E-state index contributed by atoms with van der Waals surface area (Å²) in [6.45, 7) is 5.38. The highest BCUT2D eigenvalue weighted by atomic mass is 79.9. The van der Waals surface area contributed by atoms with Gasteiger partial charge in [0, 0.05) is 13.0 Å². The Kier molecular flexibility index (Phi) is 8.81. The number of amidine groups is 1. The molecule has 1 N–H and O–H groups in total. The van der Waals surface area contributed by atoms with Crippen molar-refractivity contribution in [1.82, 2.24) is 5.32 Å². The smallest absolute Gasteiger partial charge is 0.0975 e. The van der Waals surface area contributed by atoms with Gasteiger partial charge in [-0.25, -0.2) is 0 Å². The number of halogens is 2. The molecular formula is C11H22Br2N2. The van der Waals surface area contributed by atoms with Gasteiger partial charge in [0.05, 0.1) is 10.8 Å². The molecule has 1 rings (SSSR count). The lowest BCUT2D eigenvalue weighted by Crippen LogP contribution is -2.27. The first-order chi connectivity index (χ1) is 6.72. The standard InChI is InChI=1S/C11H21BrN2.BrH/c1-3-4-5-6-10-7-11(13-8-10)14-9(2)12;/h9-10H,3-8H2,1-2H3,(H,13,14);1H. The number of nitrogens with one attached hydrogen (secondary N) is 1. The molecule has 0 aliphatic carbocycles. The molecule has 1 heterocycles. The molecule has 0 aromatic carbocycles. The second-order valence-electron chi connectivity index (χ2n) is 4.11. The third-order valence-corrected chi connectivity index (χ3v) is 2.83. The number of unbranched alkanes of at least 4 members (excludes halogenated alkanes) is 2. The van der Waals surface area contributed by atoms with Gasteiger partial charge >= 0.3 is 0 Å². The summed E-state index contributed by atoms with van der Waals surface area (Å²) in [5.41, 5.74) is 0. The molecule has 0 aromatic heterocycles. The van der Waals surface area contributed by atoms with Crippen molar-refractivity contribution >= 4 is 38.7 Å². The zero-order chi connectivity index (χ0) is 10.4. The third-order valence-electron chi connectivity index (χ3n) is 2.60. The monoisotopic (exact) mass is 340 g/mol. The van der Waals surface area contributed by atoms with E-state index < -0.39 is 0 Å². The molecule has 0 aromatic rings. The van der Waals surface area contributed by atoms with Crippen LogP contribution in [0, 0.1) is 5.92 Å². The van der Waals surface area contributed by atoms with Gasteiger partial charge in [0.1, 0.15) is 0 Å². The van der Waals surface area contributed by atoms with E-state index in [1.165, 1.54) is 31.5 Å². The lowest BCUT2D eigenvalue weighted by Gasteiger charge is -2.10. The highest BCUT2D eigenvalue weighted by Gasteiger charge is 2.18. The maximum Gasteiger partial charge on any atom is 0.0975 e. The Bertz CT molecular complexity index is 193. The molecule has 0 saturated heterocycles. The van der Waals surface area contributed by atoms with Crippen LogP contribution in [0.2, 0.25) is 0 Å². The second-order valence-corrected chi connectivity index (χ2v) is 5.49. The van der Waals surface area contributed by atoms with Crippen LogP contribution < -0.4 is 5.32 Å². The van der Waals surface area contributed by atoms with Crippen molar-refractivity contribution in [3.05, 3.63) is 0 Å². The molecule has 0 spiro atoms. The first-order valence-corrected chi connectivity index (χ1v) is 6.58. The molecule has 15 heavy (non-hydrogen) atoms. The summed E-state index contributed by atoms with van der Waals surface area (Å²) in [5.74, 6) is 1.99. The average Bonchev–Trinajstić information content (AvgIpc) is 2.52. The number of alkyl halides is 1. The number of hydrogen-bond donors (Lipinski definition) is 1. The van der Waals surface area contributed by atoms with Gasteiger partial charge in [0.25, 0.3) is 0 Å². The molecule has 4 heteroatoms. The molecule has 0 bridgehead atoms. The Morgan fingerprint density at radius 2 is 2.27 bits per heavy atom. The number of aliphatic imine (C=N–C) groups is 1. The molecule has 0 radical (unpaired) electrons. The van der Waals surface area contributed by atoms with E-state index in [0.717, 1.165) is 18.9 Å². The number of hydrogen-bond acceptors (Lipinski definition) is 2. The van der Waals surface area contributed by atoms with Crippen molar-refractivity contribution in [2.75, 3.05) is 6.54 Å². The molecule has 0 fully saturated rings. The highest BCUT2D eigenvalue weighted by Crippen LogP contribution is 2.19. The fraction of sp³-hybridized carbons (Fsp3) is 0.909. The largest absolute Gasteiger partial charge is 0.362 e. The molecule has 1 aliphatic rings. The summed E-state index contributed by atoms with van der Waals surface area (Å²) >= 11 is 3.48. The fourth-order valence-electron chi connectivity index (χ4n) is 1.85. The Balaban J connectivity index is 0.00000196. The van der Waals surface area contributed by atoms with E-state index in [-0.39, 0.29) is 17.0 Å². The SMILES string of the molecule is Br.CCCCCC1CN=C(NC(C)Br)C1. The quantitative estimate of drug-likeness (QED) is 0.458. The van der Waals surface area contributed by atoms with E-state index in [9.17, 15) is 0 Å². The Morgan fingerprint density at radius 1 is 1.53 bits per heavy atom. The normalized spacial score (nSPS) is 21.8. The third kappa shape index (κ3) is 6.56. The highest BCUT2D eigenvalue weighted by molar-refractivity contribution is 9.09. The van der Waals surface area contributed by atoms with Crippen LogP contribution in [0.25, 0.3) is 0 Å². The minimum atomic E-state index is 0. The summed E-state index contributed by atoms with van der Waals surface area (Å²) < 4.78 is 0. The molecule has 2 atom stereocenters. The molecule has 0 saturated carbocycles. The summed E-state index contributed by atoms with van der Waals surface area (Å²) in [7, 11) is 0. The molecule has 2 nitrogen and oxygen atoms in total. The van der Waals surface area contributed by atoms with E-state index in [1.807, 2.05) is 0 Å². The zero-order valence-corrected chi connectivity index (χ0v) is 12.9. The van der Waals surface area contributed by atoms with Gasteiger partial charge in [-0.05, 0) is 19.3 Å². The molecule has 1 aliphatic heterocycles. The van der Waals surface area contributed by atoms with Crippen molar-refractivity contribution in [3.8, 4) is 0 Å². The van der Waals surface area contributed by atoms with Crippen LogP contribution >= 0.6 is 32.9 Å². The molecule has 90 valence electrons. The van der Waals surface area contributed by atoms with Crippen molar-refractivity contribution in [3.63, 3.8) is 0 Å². The predicted molar refractivity (Wildman–Crippen MR) is 76.4 cm³/mol. The Morgan fingerprint density at radius 3 is 2.87 bits per heavy atom. The number of rotatable bonds is 5. The Labute approximate surface area is 112 Å². The summed E-state index contributed by atoms with van der Waals surface area (Å²) in [5, 5.41) is 3.33. The minimum Gasteiger partial charge on any atom is -0.362 e. The first-order valence-electron chi connectivity index (χ1n) is 5.66. The van der Waals surface area contributed by atoms with E-state index in [0.29, 0.717) is 4.95 Å². The zero-order valence-electron chi connectivity index (χ0n) is 9.63. The maximum absolute atomic E-state index is 4.51. The van der Waals surface area contributed by atoms with Crippen LogP contribution in [-0.4, -0.2) is 17.3 Å². The summed E-state index contributed by atoms with van der Waals surface area (Å²) in [6, 6.07) is 0.